The van der Waals surface area contributed by atoms with Gasteiger partial charge < -0.3 is 9.84 Å². The summed E-state index contributed by atoms with van der Waals surface area (Å²) in [5.41, 5.74) is 1.08. The van der Waals surface area contributed by atoms with Crippen LogP contribution >= 0.6 is 0 Å². The number of piperidine rings is 1. The third kappa shape index (κ3) is 4.30. The van der Waals surface area contributed by atoms with Crippen molar-refractivity contribution >= 4 is 17.4 Å². The molecular formula is C18H22N4O3. The zero-order valence-electron chi connectivity index (χ0n) is 14.5. The molecule has 1 N–H and O–H groups in total. The van der Waals surface area contributed by atoms with Gasteiger partial charge in [0.25, 0.3) is 0 Å². The lowest BCUT2D eigenvalue weighted by Gasteiger charge is -2.30. The van der Waals surface area contributed by atoms with Crippen LogP contribution in [0.1, 0.15) is 47.8 Å². The summed E-state index contributed by atoms with van der Waals surface area (Å²) < 4.78 is 5.27. The molecule has 1 saturated heterocycles. The third-order valence-corrected chi connectivity index (χ3v) is 4.35. The number of amides is 1. The van der Waals surface area contributed by atoms with Crippen molar-refractivity contribution in [3.05, 3.63) is 41.5 Å². The Balaban J connectivity index is 1.60. The van der Waals surface area contributed by atoms with Crippen LogP contribution in [-0.2, 0) is 4.79 Å². The lowest BCUT2D eigenvalue weighted by atomic mass is 9.98. The summed E-state index contributed by atoms with van der Waals surface area (Å²) >= 11 is 0. The zero-order valence-corrected chi connectivity index (χ0v) is 14.5. The van der Waals surface area contributed by atoms with E-state index in [2.05, 4.69) is 20.4 Å². The van der Waals surface area contributed by atoms with Crippen molar-refractivity contribution in [2.75, 3.05) is 25.0 Å². The van der Waals surface area contributed by atoms with Crippen LogP contribution in [0.5, 0.6) is 0 Å². The van der Waals surface area contributed by atoms with Gasteiger partial charge in [-0.15, -0.1) is 0 Å². The Morgan fingerprint density at radius 2 is 2.16 bits per heavy atom. The molecule has 0 bridgehead atoms. The Bertz CT molecular complexity index is 771. The maximum absolute atomic E-state index is 12.4. The number of Topliss-reactive ketones (excluding diaryl/α,β-unsaturated/α-hetero) is 1. The predicted molar refractivity (Wildman–Crippen MR) is 92.5 cm³/mol. The Morgan fingerprint density at radius 1 is 1.36 bits per heavy atom. The van der Waals surface area contributed by atoms with Crippen LogP contribution < -0.4 is 5.32 Å². The van der Waals surface area contributed by atoms with Crippen molar-refractivity contribution in [3.8, 4) is 0 Å². The number of benzene rings is 1. The molecule has 1 fully saturated rings. The Hall–Kier alpha value is -2.54. The second kappa shape index (κ2) is 7.57. The van der Waals surface area contributed by atoms with Crippen molar-refractivity contribution in [3.63, 3.8) is 0 Å². The topological polar surface area (TPSA) is 88.3 Å². The smallest absolute Gasteiger partial charge is 0.238 e. The molecule has 132 valence electrons. The Kier molecular flexibility index (Phi) is 5.23. The summed E-state index contributed by atoms with van der Waals surface area (Å²) in [4.78, 5) is 30.4. The summed E-state index contributed by atoms with van der Waals surface area (Å²) in [5.74, 6) is 1.24. The molecule has 0 radical (unpaired) electrons. The number of ketones is 1. The molecule has 2 heterocycles. The first kappa shape index (κ1) is 17.3. The quantitative estimate of drug-likeness (QED) is 0.840. The van der Waals surface area contributed by atoms with E-state index in [0.29, 0.717) is 29.5 Å². The van der Waals surface area contributed by atoms with Gasteiger partial charge in [-0.25, -0.2) is 0 Å². The highest BCUT2D eigenvalue weighted by Gasteiger charge is 2.26. The van der Waals surface area contributed by atoms with Gasteiger partial charge in [0.05, 0.1) is 18.2 Å². The van der Waals surface area contributed by atoms with Gasteiger partial charge in [-0.2, -0.15) is 4.98 Å². The summed E-state index contributed by atoms with van der Waals surface area (Å²) in [5, 5.41) is 6.69. The molecule has 25 heavy (non-hydrogen) atoms. The summed E-state index contributed by atoms with van der Waals surface area (Å²) in [6.07, 6.45) is 1.95. The normalized spacial score (nSPS) is 18.1. The van der Waals surface area contributed by atoms with Crippen LogP contribution in [0, 0.1) is 6.92 Å². The van der Waals surface area contributed by atoms with Gasteiger partial charge >= 0.3 is 0 Å². The maximum atomic E-state index is 12.4. The fraction of sp³-hybridized carbons (Fsp3) is 0.444. The van der Waals surface area contributed by atoms with Gasteiger partial charge in [-0.1, -0.05) is 17.3 Å². The molecule has 0 aliphatic carbocycles. The lowest BCUT2D eigenvalue weighted by Crippen LogP contribution is -2.40. The minimum absolute atomic E-state index is 0.0688. The minimum Gasteiger partial charge on any atom is -0.339 e. The first-order valence-corrected chi connectivity index (χ1v) is 8.45. The number of likely N-dealkylation sites (tertiary alicyclic amines) is 1. The van der Waals surface area contributed by atoms with Gasteiger partial charge in [-0.05, 0) is 45.4 Å². The molecule has 0 saturated carbocycles. The van der Waals surface area contributed by atoms with E-state index in [1.54, 1.807) is 31.2 Å². The van der Waals surface area contributed by atoms with E-state index in [1.165, 1.54) is 6.92 Å². The molecule has 1 aliphatic rings. The van der Waals surface area contributed by atoms with Gasteiger partial charge in [-0.3, -0.25) is 14.5 Å². The number of para-hydroxylation sites is 1. The average molecular weight is 342 g/mol. The first-order chi connectivity index (χ1) is 12.0. The minimum atomic E-state index is -0.129. The molecule has 7 nitrogen and oxygen atoms in total. The van der Waals surface area contributed by atoms with Crippen LogP contribution in [0.4, 0.5) is 5.69 Å². The number of rotatable bonds is 5. The highest BCUT2D eigenvalue weighted by atomic mass is 16.5. The van der Waals surface area contributed by atoms with Crippen LogP contribution in [0.15, 0.2) is 28.8 Å². The van der Waals surface area contributed by atoms with Gasteiger partial charge in [0, 0.05) is 12.1 Å². The number of anilines is 1. The largest absolute Gasteiger partial charge is 0.339 e. The summed E-state index contributed by atoms with van der Waals surface area (Å²) in [6.45, 7) is 5.13. The third-order valence-electron chi connectivity index (χ3n) is 4.35. The number of nitrogens with zero attached hydrogens (tertiary/aromatic N) is 3. The number of carbonyl (C=O) groups excluding carboxylic acids is 2. The number of aryl methyl sites for hydroxylation is 1. The molecule has 1 atom stereocenters. The fourth-order valence-corrected chi connectivity index (χ4v) is 3.17. The molecule has 3 rings (SSSR count). The van der Waals surface area contributed by atoms with E-state index in [9.17, 15) is 9.59 Å². The van der Waals surface area contributed by atoms with Crippen LogP contribution in [0.2, 0.25) is 0 Å². The van der Waals surface area contributed by atoms with Crippen molar-refractivity contribution < 1.29 is 14.1 Å². The molecule has 0 spiro atoms. The summed E-state index contributed by atoms with van der Waals surface area (Å²) in [6, 6.07) is 7.05. The Labute approximate surface area is 146 Å². The van der Waals surface area contributed by atoms with E-state index in [-0.39, 0.29) is 24.2 Å². The van der Waals surface area contributed by atoms with E-state index >= 15 is 0 Å². The van der Waals surface area contributed by atoms with Crippen LogP contribution in [-0.4, -0.2) is 46.4 Å². The predicted octanol–water partition coefficient (Wildman–Crippen LogP) is 2.40. The molecule has 1 aliphatic heterocycles. The van der Waals surface area contributed by atoms with Gasteiger partial charge in [0.1, 0.15) is 0 Å². The van der Waals surface area contributed by atoms with E-state index < -0.39 is 0 Å². The molecule has 1 aromatic carbocycles. The van der Waals surface area contributed by atoms with E-state index in [0.717, 1.165) is 19.4 Å². The highest BCUT2D eigenvalue weighted by molar-refractivity contribution is 6.04. The SMILES string of the molecule is CC(=O)c1ccccc1NC(=O)CN1CCC[C@H](c2nc(C)no2)C1. The monoisotopic (exact) mass is 342 g/mol. The standard InChI is InChI=1S/C18H22N4O3/c1-12(23)15-7-3-4-8-16(15)20-17(24)11-22-9-5-6-14(10-22)18-19-13(2)21-25-18/h3-4,7-8,14H,5-6,9-11H2,1-2H3,(H,20,24)/t14-/m0/s1. The first-order valence-electron chi connectivity index (χ1n) is 8.45. The Morgan fingerprint density at radius 3 is 2.88 bits per heavy atom. The second-order valence-corrected chi connectivity index (χ2v) is 6.40. The van der Waals surface area contributed by atoms with Crippen molar-refractivity contribution in [1.82, 2.24) is 15.0 Å². The molecular weight excluding hydrogens is 320 g/mol. The molecule has 1 amide bonds. The highest BCUT2D eigenvalue weighted by Crippen LogP contribution is 2.25. The number of aromatic nitrogens is 2. The van der Waals surface area contributed by atoms with E-state index in [4.69, 9.17) is 4.52 Å². The number of nitrogens with one attached hydrogen (secondary N) is 1. The van der Waals surface area contributed by atoms with Crippen molar-refractivity contribution in [1.29, 1.82) is 0 Å². The number of hydrogen-bond donors (Lipinski definition) is 1. The fourth-order valence-electron chi connectivity index (χ4n) is 3.17. The van der Waals surface area contributed by atoms with Gasteiger partial charge in [0.2, 0.25) is 11.8 Å². The van der Waals surface area contributed by atoms with E-state index in [1.807, 2.05) is 0 Å². The van der Waals surface area contributed by atoms with Crippen molar-refractivity contribution in [2.24, 2.45) is 0 Å². The zero-order chi connectivity index (χ0) is 17.8. The van der Waals surface area contributed by atoms with Crippen LogP contribution in [0.25, 0.3) is 0 Å². The average Bonchev–Trinajstić information content (AvgIpc) is 3.02. The van der Waals surface area contributed by atoms with Crippen molar-refractivity contribution in [2.45, 2.75) is 32.6 Å². The molecule has 7 heteroatoms. The maximum Gasteiger partial charge on any atom is 0.238 e. The second-order valence-electron chi connectivity index (χ2n) is 6.40. The summed E-state index contributed by atoms with van der Waals surface area (Å²) in [7, 11) is 0. The molecule has 2 aromatic rings. The number of hydrogen-bond acceptors (Lipinski definition) is 6. The van der Waals surface area contributed by atoms with Crippen LogP contribution in [0.3, 0.4) is 0 Å². The lowest BCUT2D eigenvalue weighted by molar-refractivity contribution is -0.117. The molecule has 0 unspecified atom stereocenters. The van der Waals surface area contributed by atoms with Gasteiger partial charge in [0.15, 0.2) is 11.6 Å². The molecule has 1 aromatic heterocycles. The number of carbonyl (C=O) groups is 2.